The van der Waals surface area contributed by atoms with Gasteiger partial charge in [-0.25, -0.2) is 0 Å². The predicted molar refractivity (Wildman–Crippen MR) is 120 cm³/mol. The van der Waals surface area contributed by atoms with Crippen LogP contribution in [0.2, 0.25) is 50.4 Å². The third-order valence-electron chi connectivity index (χ3n) is 4.92. The van der Waals surface area contributed by atoms with E-state index in [0.29, 0.717) is 11.1 Å². The molecule has 0 rings (SSSR count). The van der Waals surface area contributed by atoms with Gasteiger partial charge < -0.3 is 8.23 Å². The Morgan fingerprint density at radius 3 is 1.22 bits per heavy atom. The molecule has 0 aromatic heterocycles. The van der Waals surface area contributed by atoms with E-state index in [4.69, 9.17) is 8.23 Å². The summed E-state index contributed by atoms with van der Waals surface area (Å²) in [6, 6.07) is 0. The first-order chi connectivity index (χ1) is 10.5. The highest BCUT2D eigenvalue weighted by Crippen LogP contribution is 2.37. The van der Waals surface area contributed by atoms with Crippen molar-refractivity contribution in [3.05, 3.63) is 0 Å². The quantitative estimate of drug-likeness (QED) is 0.288. The predicted octanol–water partition coefficient (Wildman–Crippen LogP) is 6.33. The molecule has 140 valence electrons. The lowest BCUT2D eigenvalue weighted by Gasteiger charge is -2.43. The third kappa shape index (κ3) is 8.46. The highest BCUT2D eigenvalue weighted by molar-refractivity contribution is 7.80. The Morgan fingerprint density at radius 1 is 0.696 bits per heavy atom. The SMILES string of the molecule is CCC(CCS)[Si](C)(C)O[Si](C)(C)O[Si](C)(C)C(CC)CCS. The Hall–Kier alpha value is 1.27. The molecule has 0 spiro atoms. The summed E-state index contributed by atoms with van der Waals surface area (Å²) in [6.45, 7) is 18.5. The highest BCUT2D eigenvalue weighted by atomic mass is 32.1. The van der Waals surface area contributed by atoms with Gasteiger partial charge in [-0.3, -0.25) is 0 Å². The Labute approximate surface area is 159 Å². The zero-order chi connectivity index (χ0) is 18.3. The smallest absolute Gasteiger partial charge is 0.311 e. The molecule has 0 N–H and O–H groups in total. The van der Waals surface area contributed by atoms with Crippen molar-refractivity contribution in [1.82, 2.24) is 0 Å². The molecular weight excluding hydrogens is 373 g/mol. The maximum atomic E-state index is 6.78. The summed E-state index contributed by atoms with van der Waals surface area (Å²) < 4.78 is 13.6. The number of hydrogen-bond donors (Lipinski definition) is 2. The molecular formula is C16H40O2S2Si3. The second kappa shape index (κ2) is 10.4. The van der Waals surface area contributed by atoms with Gasteiger partial charge in [0.05, 0.1) is 0 Å². The molecule has 0 aromatic rings. The highest BCUT2D eigenvalue weighted by Gasteiger charge is 2.44. The van der Waals surface area contributed by atoms with Crippen molar-refractivity contribution in [1.29, 1.82) is 0 Å². The fraction of sp³-hybridized carbons (Fsp3) is 1.00. The molecule has 0 saturated carbocycles. The van der Waals surface area contributed by atoms with Crippen LogP contribution in [0.1, 0.15) is 39.5 Å². The number of rotatable bonds is 12. The topological polar surface area (TPSA) is 18.5 Å². The van der Waals surface area contributed by atoms with Crippen molar-refractivity contribution in [3.63, 3.8) is 0 Å². The van der Waals surface area contributed by atoms with E-state index in [9.17, 15) is 0 Å². The summed E-state index contributed by atoms with van der Waals surface area (Å²) in [6.07, 6.45) is 4.67. The molecule has 2 nitrogen and oxygen atoms in total. The average Bonchev–Trinajstić information content (AvgIpc) is 2.38. The van der Waals surface area contributed by atoms with Crippen molar-refractivity contribution in [2.24, 2.45) is 0 Å². The third-order valence-corrected chi connectivity index (χ3v) is 18.9. The summed E-state index contributed by atoms with van der Waals surface area (Å²) in [5.41, 5.74) is 1.33. The molecule has 0 aromatic carbocycles. The second-order valence-electron chi connectivity index (χ2n) is 8.05. The zero-order valence-corrected chi connectivity index (χ0v) is 21.4. The van der Waals surface area contributed by atoms with Crippen LogP contribution in [-0.2, 0) is 8.23 Å². The Morgan fingerprint density at radius 2 is 1.00 bits per heavy atom. The van der Waals surface area contributed by atoms with Crippen LogP contribution in [0.15, 0.2) is 0 Å². The van der Waals surface area contributed by atoms with Crippen molar-refractivity contribution in [2.75, 3.05) is 11.5 Å². The van der Waals surface area contributed by atoms with Gasteiger partial charge in [-0.2, -0.15) is 25.3 Å². The molecule has 0 aliphatic rings. The lowest BCUT2D eigenvalue weighted by atomic mass is 10.3. The van der Waals surface area contributed by atoms with Crippen molar-refractivity contribution < 1.29 is 8.23 Å². The fourth-order valence-electron chi connectivity index (χ4n) is 3.85. The minimum atomic E-state index is -2.12. The van der Waals surface area contributed by atoms with Gasteiger partial charge in [-0.15, -0.1) is 0 Å². The largest absolute Gasteiger partial charge is 0.436 e. The van der Waals surface area contributed by atoms with Gasteiger partial charge in [0.25, 0.3) is 0 Å². The molecule has 23 heavy (non-hydrogen) atoms. The molecule has 2 atom stereocenters. The van der Waals surface area contributed by atoms with E-state index in [1.165, 1.54) is 12.8 Å². The molecule has 0 aliphatic heterocycles. The van der Waals surface area contributed by atoms with Crippen LogP contribution in [0.25, 0.3) is 0 Å². The Kier molecular flexibility index (Phi) is 11.0. The van der Waals surface area contributed by atoms with Crippen LogP contribution in [0.4, 0.5) is 0 Å². The van der Waals surface area contributed by atoms with Gasteiger partial charge in [-0.1, -0.05) is 26.7 Å². The van der Waals surface area contributed by atoms with E-state index in [0.717, 1.165) is 24.3 Å². The molecule has 0 saturated heterocycles. The fourth-order valence-corrected chi connectivity index (χ4v) is 20.6. The van der Waals surface area contributed by atoms with Crippen LogP contribution in [-0.4, -0.2) is 36.7 Å². The first-order valence-corrected chi connectivity index (χ1v) is 19.1. The standard InChI is InChI=1S/C16H40O2S2Si3/c1-9-15(11-13-19)21(3,4)17-23(7,8)18-22(5,6)16(10-2)12-14-20/h15-16,19-20H,9-14H2,1-8H3. The Balaban J connectivity index is 5.04. The molecule has 0 fully saturated rings. The zero-order valence-electron chi connectivity index (χ0n) is 16.6. The van der Waals surface area contributed by atoms with Crippen molar-refractivity contribution in [3.8, 4) is 0 Å². The lowest BCUT2D eigenvalue weighted by molar-refractivity contribution is 0.370. The summed E-state index contributed by atoms with van der Waals surface area (Å²) in [5, 5.41) is 0. The van der Waals surface area contributed by atoms with Gasteiger partial charge >= 0.3 is 8.56 Å². The maximum absolute atomic E-state index is 6.78. The van der Waals surface area contributed by atoms with Gasteiger partial charge in [0, 0.05) is 0 Å². The normalized spacial score (nSPS) is 16.4. The summed E-state index contributed by atoms with van der Waals surface area (Å²) in [5.74, 6) is 1.89. The first kappa shape index (κ1) is 24.3. The molecule has 7 heteroatoms. The molecule has 0 heterocycles. The summed E-state index contributed by atoms with van der Waals surface area (Å²) in [4.78, 5) is 0. The molecule has 2 unspecified atom stereocenters. The minimum absolute atomic E-state index is 0.666. The van der Waals surface area contributed by atoms with Crippen LogP contribution in [0.3, 0.4) is 0 Å². The van der Waals surface area contributed by atoms with Crippen molar-refractivity contribution in [2.45, 2.75) is 89.9 Å². The van der Waals surface area contributed by atoms with Gasteiger partial charge in [-0.05, 0) is 74.7 Å². The summed E-state index contributed by atoms with van der Waals surface area (Å²) in [7, 11) is -5.63. The van der Waals surface area contributed by atoms with Crippen molar-refractivity contribution >= 4 is 50.5 Å². The number of thiol groups is 2. The van der Waals surface area contributed by atoms with E-state index in [1.807, 2.05) is 0 Å². The van der Waals surface area contributed by atoms with Gasteiger partial charge in [0.1, 0.15) is 0 Å². The van der Waals surface area contributed by atoms with E-state index in [-0.39, 0.29) is 0 Å². The molecule has 0 bridgehead atoms. The molecule has 0 radical (unpaired) electrons. The average molecular weight is 413 g/mol. The first-order valence-electron chi connectivity index (χ1n) is 9.07. The van der Waals surface area contributed by atoms with E-state index >= 15 is 0 Å². The van der Waals surface area contributed by atoms with E-state index in [2.05, 4.69) is 78.4 Å². The van der Waals surface area contributed by atoms with E-state index in [1.54, 1.807) is 0 Å². The maximum Gasteiger partial charge on any atom is 0.311 e. The van der Waals surface area contributed by atoms with Gasteiger partial charge in [0.15, 0.2) is 16.6 Å². The number of hydrogen-bond acceptors (Lipinski definition) is 4. The van der Waals surface area contributed by atoms with Crippen LogP contribution in [0, 0.1) is 0 Å². The van der Waals surface area contributed by atoms with Crippen LogP contribution in [0.5, 0.6) is 0 Å². The van der Waals surface area contributed by atoms with Crippen LogP contribution < -0.4 is 0 Å². The van der Waals surface area contributed by atoms with Crippen LogP contribution >= 0.6 is 25.3 Å². The van der Waals surface area contributed by atoms with Gasteiger partial charge in [0.2, 0.25) is 0 Å². The minimum Gasteiger partial charge on any atom is -0.436 e. The van der Waals surface area contributed by atoms with E-state index < -0.39 is 25.2 Å². The second-order valence-corrected chi connectivity index (χ2v) is 21.4. The molecule has 0 aliphatic carbocycles. The Bertz CT molecular complexity index is 309. The molecule has 0 amide bonds. The summed E-state index contributed by atoms with van der Waals surface area (Å²) >= 11 is 8.87. The lowest BCUT2D eigenvalue weighted by Crippen LogP contribution is -2.55. The monoisotopic (exact) mass is 412 g/mol.